The smallest absolute Gasteiger partial charge is 0.313 e. The number of rotatable bonds is 1. The van der Waals surface area contributed by atoms with Crippen LogP contribution in [0.1, 0.15) is 0 Å². The Morgan fingerprint density at radius 2 is 2.33 bits per heavy atom. The maximum absolute atomic E-state index is 12.5. The van der Waals surface area contributed by atoms with Crippen LogP contribution in [0, 0.1) is 17.1 Å². The molecule has 12 heavy (non-hydrogen) atoms. The molecule has 1 aromatic carbocycles. The summed E-state index contributed by atoms with van der Waals surface area (Å²) in [5.74, 6) is -1.26. The Hall–Kier alpha value is -1.89. The highest BCUT2D eigenvalue weighted by atomic mass is 19.1. The van der Waals surface area contributed by atoms with E-state index in [2.05, 4.69) is 5.32 Å². The molecule has 1 N–H and O–H groups in total. The third kappa shape index (κ3) is 2.06. The van der Waals surface area contributed by atoms with Gasteiger partial charge in [0.2, 0.25) is 0 Å². The van der Waals surface area contributed by atoms with E-state index in [9.17, 15) is 9.18 Å². The predicted molar refractivity (Wildman–Crippen MR) is 40.6 cm³/mol. The van der Waals surface area contributed by atoms with Crippen LogP contribution in [0.5, 0.6) is 0 Å². The monoisotopic (exact) mass is 164 g/mol. The van der Waals surface area contributed by atoms with E-state index in [-0.39, 0.29) is 5.69 Å². The van der Waals surface area contributed by atoms with Crippen LogP contribution >= 0.6 is 0 Å². The summed E-state index contributed by atoms with van der Waals surface area (Å²) in [5, 5.41) is 10.3. The lowest BCUT2D eigenvalue weighted by atomic mass is 10.3. The van der Waals surface area contributed by atoms with Crippen molar-refractivity contribution in [2.45, 2.75) is 0 Å². The van der Waals surface area contributed by atoms with Crippen molar-refractivity contribution in [3.8, 4) is 6.07 Å². The zero-order chi connectivity index (χ0) is 8.97. The molecule has 1 amide bonds. The number of nitriles is 1. The maximum atomic E-state index is 12.5. The first kappa shape index (κ1) is 8.21. The molecule has 60 valence electrons. The number of carbonyl (C=O) groups excluding carboxylic acids is 1. The number of anilines is 1. The van der Waals surface area contributed by atoms with Crippen LogP contribution in [0.25, 0.3) is 0 Å². The van der Waals surface area contributed by atoms with Crippen LogP contribution < -0.4 is 5.32 Å². The summed E-state index contributed by atoms with van der Waals surface area (Å²) < 4.78 is 12.5. The van der Waals surface area contributed by atoms with Crippen LogP contribution in [0.15, 0.2) is 24.3 Å². The molecule has 0 aromatic heterocycles. The van der Waals surface area contributed by atoms with Gasteiger partial charge in [-0.15, -0.1) is 0 Å². The summed E-state index contributed by atoms with van der Waals surface area (Å²) in [4.78, 5) is 10.5. The number of nitrogens with zero attached hydrogens (tertiary/aromatic N) is 1. The summed E-state index contributed by atoms with van der Waals surface area (Å²) in [6.07, 6.45) is 0. The van der Waals surface area contributed by atoms with Crippen LogP contribution in [0.3, 0.4) is 0 Å². The average Bonchev–Trinajstić information content (AvgIpc) is 2.04. The molecule has 0 unspecified atom stereocenters. The van der Waals surface area contributed by atoms with Crippen molar-refractivity contribution in [1.29, 1.82) is 5.26 Å². The molecule has 0 bridgehead atoms. The van der Waals surface area contributed by atoms with Crippen LogP contribution in [0.4, 0.5) is 10.1 Å². The fraction of sp³-hybridized carbons (Fsp3) is 0. The number of carbonyl (C=O) groups is 1. The Morgan fingerprint density at radius 3 is 2.92 bits per heavy atom. The zero-order valence-corrected chi connectivity index (χ0v) is 6.04. The Morgan fingerprint density at radius 1 is 1.58 bits per heavy atom. The van der Waals surface area contributed by atoms with Gasteiger partial charge < -0.3 is 5.32 Å². The fourth-order valence-corrected chi connectivity index (χ4v) is 0.725. The first-order valence-corrected chi connectivity index (χ1v) is 3.19. The second-order valence-electron chi connectivity index (χ2n) is 2.08. The second kappa shape index (κ2) is 3.49. The highest BCUT2D eigenvalue weighted by molar-refractivity contribution is 6.02. The molecule has 0 aliphatic heterocycles. The third-order valence-electron chi connectivity index (χ3n) is 1.18. The maximum Gasteiger partial charge on any atom is 0.326 e. The number of halogens is 1. The Labute approximate surface area is 68.4 Å². The largest absolute Gasteiger partial charge is 0.326 e. The van der Waals surface area contributed by atoms with E-state index in [0.717, 1.165) is 6.07 Å². The minimum absolute atomic E-state index is 0.279. The van der Waals surface area contributed by atoms with E-state index in [1.807, 2.05) is 0 Å². The minimum Gasteiger partial charge on any atom is -0.313 e. The second-order valence-corrected chi connectivity index (χ2v) is 2.08. The van der Waals surface area contributed by atoms with Gasteiger partial charge >= 0.3 is 5.91 Å². The molecule has 0 saturated carbocycles. The van der Waals surface area contributed by atoms with Crippen LogP contribution in [-0.2, 0) is 4.79 Å². The molecule has 0 heterocycles. The normalized spacial score (nSPS) is 8.67. The lowest BCUT2D eigenvalue weighted by Crippen LogP contribution is -2.07. The molecule has 0 saturated heterocycles. The van der Waals surface area contributed by atoms with Gasteiger partial charge in [-0.05, 0) is 18.2 Å². The number of nitrogens with one attached hydrogen (secondary N) is 1. The summed E-state index contributed by atoms with van der Waals surface area (Å²) in [6.45, 7) is 0. The Balaban J connectivity index is 2.78. The van der Waals surface area contributed by atoms with Gasteiger partial charge in [0.1, 0.15) is 5.82 Å². The SMILES string of the molecule is N#CC(=O)Nc1cccc(F)c1. The Bertz CT molecular complexity index is 343. The standard InChI is InChI=1S/C8H5FN2O/c9-6-2-1-3-7(4-6)11-8(12)5-10/h1-4H,(H,11,12). The van der Waals surface area contributed by atoms with Crippen LogP contribution in [-0.4, -0.2) is 5.91 Å². The predicted octanol–water partition coefficient (Wildman–Crippen LogP) is 1.29. The summed E-state index contributed by atoms with van der Waals surface area (Å²) >= 11 is 0. The molecule has 3 nitrogen and oxygen atoms in total. The first-order chi connectivity index (χ1) is 5.72. The quantitative estimate of drug-likeness (QED) is 0.636. The lowest BCUT2D eigenvalue weighted by Gasteiger charge is -1.98. The zero-order valence-electron chi connectivity index (χ0n) is 6.04. The highest BCUT2D eigenvalue weighted by Gasteiger charge is 1.99. The van der Waals surface area contributed by atoms with Crippen molar-refractivity contribution in [1.82, 2.24) is 0 Å². The summed E-state index contributed by atoms with van der Waals surface area (Å²) in [6, 6.07) is 6.69. The van der Waals surface area contributed by atoms with Crippen LogP contribution in [0.2, 0.25) is 0 Å². The third-order valence-corrected chi connectivity index (χ3v) is 1.18. The fourth-order valence-electron chi connectivity index (χ4n) is 0.725. The molecule has 1 aromatic rings. The number of amides is 1. The van der Waals surface area contributed by atoms with Gasteiger partial charge in [0.05, 0.1) is 0 Å². The first-order valence-electron chi connectivity index (χ1n) is 3.19. The average molecular weight is 164 g/mol. The van der Waals surface area contributed by atoms with Gasteiger partial charge in [-0.1, -0.05) is 6.07 Å². The molecule has 0 aliphatic carbocycles. The van der Waals surface area contributed by atoms with E-state index >= 15 is 0 Å². The van der Waals surface area contributed by atoms with E-state index < -0.39 is 11.7 Å². The van der Waals surface area contributed by atoms with Gasteiger partial charge in [-0.25, -0.2) is 4.39 Å². The molecule has 0 spiro atoms. The topological polar surface area (TPSA) is 52.9 Å². The van der Waals surface area contributed by atoms with Crippen molar-refractivity contribution in [3.63, 3.8) is 0 Å². The molecule has 0 radical (unpaired) electrons. The van der Waals surface area contributed by atoms with Crippen molar-refractivity contribution < 1.29 is 9.18 Å². The number of hydrogen-bond acceptors (Lipinski definition) is 2. The van der Waals surface area contributed by atoms with Gasteiger partial charge in [0.15, 0.2) is 6.07 Å². The molecular weight excluding hydrogens is 159 g/mol. The van der Waals surface area contributed by atoms with E-state index in [0.29, 0.717) is 0 Å². The highest BCUT2D eigenvalue weighted by Crippen LogP contribution is 2.08. The summed E-state index contributed by atoms with van der Waals surface area (Å²) in [5.41, 5.74) is 0.279. The molecule has 0 aliphatic rings. The van der Waals surface area contributed by atoms with E-state index in [4.69, 9.17) is 5.26 Å². The van der Waals surface area contributed by atoms with Gasteiger partial charge in [0.25, 0.3) is 0 Å². The molecule has 1 rings (SSSR count). The van der Waals surface area contributed by atoms with Gasteiger partial charge in [-0.3, -0.25) is 4.79 Å². The van der Waals surface area contributed by atoms with Gasteiger partial charge in [0, 0.05) is 5.69 Å². The number of benzene rings is 1. The molecular formula is C8H5FN2O. The van der Waals surface area contributed by atoms with Crippen molar-refractivity contribution >= 4 is 11.6 Å². The van der Waals surface area contributed by atoms with Crippen molar-refractivity contribution in [2.24, 2.45) is 0 Å². The molecule has 0 fully saturated rings. The minimum atomic E-state index is -0.805. The number of hydrogen-bond donors (Lipinski definition) is 1. The lowest BCUT2D eigenvalue weighted by molar-refractivity contribution is -0.111. The van der Waals surface area contributed by atoms with Crippen molar-refractivity contribution in [3.05, 3.63) is 30.1 Å². The summed E-state index contributed by atoms with van der Waals surface area (Å²) in [7, 11) is 0. The van der Waals surface area contributed by atoms with Crippen molar-refractivity contribution in [2.75, 3.05) is 5.32 Å². The van der Waals surface area contributed by atoms with E-state index in [1.54, 1.807) is 0 Å². The van der Waals surface area contributed by atoms with E-state index in [1.165, 1.54) is 24.3 Å². The Kier molecular flexibility index (Phi) is 2.38. The van der Waals surface area contributed by atoms with Gasteiger partial charge in [-0.2, -0.15) is 5.26 Å². The molecule has 4 heteroatoms. The molecule has 0 atom stereocenters.